The summed E-state index contributed by atoms with van der Waals surface area (Å²) in [4.78, 5) is 5.16. The second-order valence-electron chi connectivity index (χ2n) is 6.30. The molecule has 2 atom stereocenters. The van der Waals surface area contributed by atoms with Gasteiger partial charge in [-0.3, -0.25) is 4.31 Å². The lowest BCUT2D eigenvalue weighted by Gasteiger charge is -2.37. The number of guanidine groups is 1. The molecule has 136 valence electrons. The van der Waals surface area contributed by atoms with Gasteiger partial charge in [0.1, 0.15) is 11.4 Å². The van der Waals surface area contributed by atoms with Crippen LogP contribution in [-0.2, 0) is 15.2 Å². The molecule has 0 fully saturated rings. The molecular weight excluding hydrogens is 395 g/mol. The average molecular weight is 411 g/mol. The van der Waals surface area contributed by atoms with Gasteiger partial charge in [-0.15, -0.1) is 11.3 Å². The first-order chi connectivity index (χ1) is 12.1. The number of nitrogens with zero attached hydrogens (tertiary/aromatic N) is 3. The van der Waals surface area contributed by atoms with Crippen molar-refractivity contribution in [2.45, 2.75) is 12.5 Å². The number of nitriles is 1. The van der Waals surface area contributed by atoms with Crippen molar-refractivity contribution in [3.05, 3.63) is 45.5 Å². The van der Waals surface area contributed by atoms with E-state index >= 15 is 0 Å². The van der Waals surface area contributed by atoms with Crippen LogP contribution in [0.2, 0.25) is 4.34 Å². The molecule has 0 saturated carbocycles. The monoisotopic (exact) mass is 410 g/mol. The van der Waals surface area contributed by atoms with Gasteiger partial charge >= 0.3 is 0 Å². The molecule has 2 N–H and O–H groups in total. The van der Waals surface area contributed by atoms with Crippen molar-refractivity contribution in [2.24, 2.45) is 10.7 Å². The van der Waals surface area contributed by atoms with Crippen LogP contribution in [0.5, 0.6) is 0 Å². The minimum absolute atomic E-state index is 0.125. The summed E-state index contributed by atoms with van der Waals surface area (Å²) in [7, 11) is -1.05. The largest absolute Gasteiger partial charge is 0.369 e. The number of halogens is 2. The number of nitrogens with two attached hydrogens (primary N) is 1. The lowest BCUT2D eigenvalue weighted by atomic mass is 9.96. The van der Waals surface area contributed by atoms with Crippen LogP contribution in [0.4, 0.5) is 4.39 Å². The minimum Gasteiger partial charge on any atom is -0.369 e. The molecule has 9 heteroatoms. The number of benzene rings is 1. The molecular formula is C17H16ClFN4OS2. The average Bonchev–Trinajstić information content (AvgIpc) is 2.94. The summed E-state index contributed by atoms with van der Waals surface area (Å²) in [5.41, 5.74) is 6.43. The molecule has 0 aliphatic carbocycles. The topological polar surface area (TPSA) is 82.5 Å². The third-order valence-electron chi connectivity index (χ3n) is 4.27. The van der Waals surface area contributed by atoms with Crippen LogP contribution in [0.3, 0.4) is 0 Å². The summed E-state index contributed by atoms with van der Waals surface area (Å²) >= 11 is 7.67. The smallest absolute Gasteiger partial charge is 0.203 e. The zero-order valence-corrected chi connectivity index (χ0v) is 16.5. The predicted molar refractivity (Wildman–Crippen MR) is 106 cm³/mol. The Morgan fingerprint density at radius 3 is 2.81 bits per heavy atom. The van der Waals surface area contributed by atoms with Crippen LogP contribution < -0.4 is 5.73 Å². The fraction of sp³-hybridized carbons (Fsp3) is 0.235. The maximum Gasteiger partial charge on any atom is 0.203 e. The Balaban J connectivity index is 2.13. The van der Waals surface area contributed by atoms with Gasteiger partial charge in [0.15, 0.2) is 0 Å². The zero-order chi connectivity index (χ0) is 19.3. The van der Waals surface area contributed by atoms with E-state index in [1.165, 1.54) is 27.8 Å². The maximum absolute atomic E-state index is 13.8. The van der Waals surface area contributed by atoms with Crippen molar-refractivity contribution in [1.29, 1.82) is 5.26 Å². The van der Waals surface area contributed by atoms with E-state index < -0.39 is 21.1 Å². The van der Waals surface area contributed by atoms with Gasteiger partial charge in [-0.2, -0.15) is 5.26 Å². The molecule has 5 nitrogen and oxygen atoms in total. The van der Waals surface area contributed by atoms with Crippen molar-refractivity contribution >= 4 is 44.5 Å². The summed E-state index contributed by atoms with van der Waals surface area (Å²) in [5, 5.41) is 9.04. The van der Waals surface area contributed by atoms with Crippen molar-refractivity contribution in [2.75, 3.05) is 12.8 Å². The molecule has 1 unspecified atom stereocenters. The third kappa shape index (κ3) is 3.18. The summed E-state index contributed by atoms with van der Waals surface area (Å²) in [6.07, 6.45) is 0. The Morgan fingerprint density at radius 2 is 2.19 bits per heavy atom. The van der Waals surface area contributed by atoms with E-state index in [1.54, 1.807) is 26.1 Å². The SMILES string of the molecule is C=S1(=O)C[C@@](C)(c2cc(-c3cc(F)cc(C#N)c3)sc2Cl)N=C(N)N1C. The Hall–Kier alpha value is -2.08. The van der Waals surface area contributed by atoms with E-state index in [1.807, 2.05) is 6.07 Å². The molecule has 1 aliphatic heterocycles. The highest BCUT2D eigenvalue weighted by Gasteiger charge is 2.39. The minimum atomic E-state index is -2.64. The molecule has 0 amide bonds. The molecule has 3 rings (SSSR count). The molecule has 1 aromatic carbocycles. The quantitative estimate of drug-likeness (QED) is 0.772. The Morgan fingerprint density at radius 1 is 1.50 bits per heavy atom. The molecule has 1 aromatic heterocycles. The standard InChI is InChI=1S/C17H16ClFN4OS2/c1-17(9-26(3,24)23(2)16(21)22-17)13-7-14(25-15(13)18)11-4-10(8-20)5-12(19)6-11/h4-7H,3,9H2,1-2H3,(H2,21,22)/t17-,26?/m0/s1. The van der Waals surface area contributed by atoms with Crippen LogP contribution in [0.1, 0.15) is 18.1 Å². The second-order valence-corrected chi connectivity index (χ2v) is 10.3. The van der Waals surface area contributed by atoms with Crippen LogP contribution >= 0.6 is 22.9 Å². The Bertz CT molecular complexity index is 1070. The maximum atomic E-state index is 13.8. The van der Waals surface area contributed by atoms with Gasteiger partial charge in [0.05, 0.1) is 31.4 Å². The second kappa shape index (κ2) is 6.27. The first kappa shape index (κ1) is 18.7. The lowest BCUT2D eigenvalue weighted by molar-refractivity contribution is 0.515. The fourth-order valence-corrected chi connectivity index (χ4v) is 6.05. The highest BCUT2D eigenvalue weighted by atomic mass is 35.5. The number of hydrogen-bond acceptors (Lipinski definition) is 5. The van der Waals surface area contributed by atoms with Crippen molar-refractivity contribution in [3.8, 4) is 16.5 Å². The van der Waals surface area contributed by atoms with Crippen LogP contribution in [0.25, 0.3) is 10.4 Å². The first-order valence-corrected chi connectivity index (χ1v) is 10.6. The first-order valence-electron chi connectivity index (χ1n) is 7.51. The predicted octanol–water partition coefficient (Wildman–Crippen LogP) is 3.19. The van der Waals surface area contributed by atoms with E-state index in [2.05, 4.69) is 10.9 Å². The van der Waals surface area contributed by atoms with E-state index in [9.17, 15) is 8.60 Å². The summed E-state index contributed by atoms with van der Waals surface area (Å²) in [6, 6.07) is 7.81. The number of aliphatic imine (C=N–C) groups is 1. The zero-order valence-electron chi connectivity index (χ0n) is 14.1. The van der Waals surface area contributed by atoms with Crippen molar-refractivity contribution in [3.63, 3.8) is 0 Å². The van der Waals surface area contributed by atoms with E-state index in [4.69, 9.17) is 22.6 Å². The summed E-state index contributed by atoms with van der Waals surface area (Å²) in [6.45, 7) is 1.79. The molecule has 1 aliphatic rings. The van der Waals surface area contributed by atoms with Gasteiger partial charge in [-0.25, -0.2) is 13.6 Å². The van der Waals surface area contributed by atoms with Gasteiger partial charge in [0, 0.05) is 17.5 Å². The fourth-order valence-electron chi connectivity index (χ4n) is 2.87. The van der Waals surface area contributed by atoms with E-state index in [0.717, 1.165) is 0 Å². The van der Waals surface area contributed by atoms with E-state index in [0.29, 0.717) is 20.3 Å². The van der Waals surface area contributed by atoms with Gasteiger partial charge in [-0.05, 0) is 42.6 Å². The Kier molecular flexibility index (Phi) is 4.51. The number of thiophene rings is 1. The molecule has 0 radical (unpaired) electrons. The summed E-state index contributed by atoms with van der Waals surface area (Å²) < 4.78 is 28.4. The van der Waals surface area contributed by atoms with E-state index in [-0.39, 0.29) is 17.3 Å². The number of hydrogen-bond donors (Lipinski definition) is 1. The van der Waals surface area contributed by atoms with Gasteiger partial charge in [0.25, 0.3) is 0 Å². The highest BCUT2D eigenvalue weighted by Crippen LogP contribution is 2.43. The normalized spacial score (nSPS) is 25.7. The molecule has 0 saturated heterocycles. The van der Waals surface area contributed by atoms with Crippen LogP contribution in [0, 0.1) is 17.1 Å². The van der Waals surface area contributed by atoms with Crippen molar-refractivity contribution in [1.82, 2.24) is 4.31 Å². The van der Waals surface area contributed by atoms with Gasteiger partial charge < -0.3 is 5.73 Å². The van der Waals surface area contributed by atoms with Crippen LogP contribution in [-0.4, -0.2) is 33.1 Å². The van der Waals surface area contributed by atoms with Crippen LogP contribution in [0.15, 0.2) is 29.3 Å². The van der Waals surface area contributed by atoms with Gasteiger partial charge in [0.2, 0.25) is 5.96 Å². The molecule has 26 heavy (non-hydrogen) atoms. The molecule has 2 heterocycles. The van der Waals surface area contributed by atoms with Gasteiger partial charge in [-0.1, -0.05) is 11.6 Å². The van der Waals surface area contributed by atoms with Crippen molar-refractivity contribution < 1.29 is 8.60 Å². The number of rotatable bonds is 2. The highest BCUT2D eigenvalue weighted by molar-refractivity contribution is 7.98. The molecule has 2 aromatic rings. The molecule has 0 bridgehead atoms. The molecule has 0 spiro atoms. The lowest BCUT2D eigenvalue weighted by Crippen LogP contribution is -2.50. The third-order valence-corrected chi connectivity index (χ3v) is 7.87. The Labute approximate surface area is 160 Å². The summed E-state index contributed by atoms with van der Waals surface area (Å²) in [5.74, 6) is 3.55.